The van der Waals surface area contributed by atoms with Gasteiger partial charge in [0, 0.05) is 30.3 Å². The van der Waals surface area contributed by atoms with Gasteiger partial charge < -0.3 is 5.32 Å². The summed E-state index contributed by atoms with van der Waals surface area (Å²) in [6.45, 7) is 1.04. The lowest BCUT2D eigenvalue weighted by Crippen LogP contribution is -2.24. The lowest BCUT2D eigenvalue weighted by molar-refractivity contribution is -0.121. The van der Waals surface area contributed by atoms with Gasteiger partial charge in [0.25, 0.3) is 0 Å². The van der Waals surface area contributed by atoms with Crippen molar-refractivity contribution in [2.45, 2.75) is 25.7 Å². The lowest BCUT2D eigenvalue weighted by Gasteiger charge is -2.01. The maximum atomic E-state index is 11.0. The SMILES string of the molecule is [N-]=[N+]=NCCCCCC(=O)NCCCl. The van der Waals surface area contributed by atoms with Gasteiger partial charge in [-0.15, -0.1) is 11.6 Å². The van der Waals surface area contributed by atoms with Gasteiger partial charge in [0.15, 0.2) is 0 Å². The van der Waals surface area contributed by atoms with Crippen LogP contribution in [0.1, 0.15) is 25.7 Å². The smallest absolute Gasteiger partial charge is 0.220 e. The molecule has 0 aliphatic rings. The second kappa shape index (κ2) is 10.2. The van der Waals surface area contributed by atoms with Gasteiger partial charge in [-0.25, -0.2) is 0 Å². The normalized spacial score (nSPS) is 9.21. The van der Waals surface area contributed by atoms with Gasteiger partial charge in [-0.3, -0.25) is 4.79 Å². The number of alkyl halides is 1. The van der Waals surface area contributed by atoms with Crippen LogP contribution in [-0.2, 0) is 4.79 Å². The van der Waals surface area contributed by atoms with E-state index in [1.807, 2.05) is 0 Å². The molecule has 0 saturated heterocycles. The summed E-state index contributed by atoms with van der Waals surface area (Å²) in [7, 11) is 0. The second-order valence-corrected chi connectivity index (χ2v) is 3.18. The summed E-state index contributed by atoms with van der Waals surface area (Å²) < 4.78 is 0. The summed E-state index contributed by atoms with van der Waals surface area (Å²) in [5.74, 6) is 0.484. The first kappa shape index (κ1) is 13.1. The number of nitrogens with one attached hydrogen (secondary N) is 1. The molecule has 0 unspecified atom stereocenters. The van der Waals surface area contributed by atoms with E-state index in [1.165, 1.54) is 0 Å². The largest absolute Gasteiger partial charge is 0.355 e. The van der Waals surface area contributed by atoms with Crippen molar-refractivity contribution in [3.63, 3.8) is 0 Å². The highest BCUT2D eigenvalue weighted by molar-refractivity contribution is 6.18. The van der Waals surface area contributed by atoms with Crippen molar-refractivity contribution in [2.24, 2.45) is 5.11 Å². The van der Waals surface area contributed by atoms with Gasteiger partial charge in [-0.1, -0.05) is 11.5 Å². The second-order valence-electron chi connectivity index (χ2n) is 2.80. The molecule has 1 amide bonds. The Morgan fingerprint density at radius 3 is 2.86 bits per heavy atom. The van der Waals surface area contributed by atoms with Crippen molar-refractivity contribution in [1.82, 2.24) is 5.32 Å². The first-order valence-electron chi connectivity index (χ1n) is 4.64. The maximum absolute atomic E-state index is 11.0. The lowest BCUT2D eigenvalue weighted by atomic mass is 10.2. The van der Waals surface area contributed by atoms with Crippen LogP contribution in [0.3, 0.4) is 0 Å². The van der Waals surface area contributed by atoms with E-state index in [0.717, 1.165) is 19.3 Å². The van der Waals surface area contributed by atoms with Crippen LogP contribution in [0.5, 0.6) is 0 Å². The van der Waals surface area contributed by atoms with E-state index in [2.05, 4.69) is 15.3 Å². The molecule has 0 bridgehead atoms. The fourth-order valence-corrected chi connectivity index (χ4v) is 1.06. The molecule has 1 N–H and O–H groups in total. The van der Waals surface area contributed by atoms with Crippen LogP contribution < -0.4 is 5.32 Å². The monoisotopic (exact) mass is 218 g/mol. The summed E-state index contributed by atoms with van der Waals surface area (Å²) in [4.78, 5) is 13.7. The molecule has 0 fully saturated rings. The maximum Gasteiger partial charge on any atom is 0.220 e. The number of hydrogen-bond acceptors (Lipinski definition) is 2. The molecule has 80 valence electrons. The highest BCUT2D eigenvalue weighted by Crippen LogP contribution is 1.99. The van der Waals surface area contributed by atoms with Gasteiger partial charge >= 0.3 is 0 Å². The predicted molar refractivity (Wildman–Crippen MR) is 56.2 cm³/mol. The third kappa shape index (κ3) is 9.16. The van der Waals surface area contributed by atoms with Crippen molar-refractivity contribution < 1.29 is 4.79 Å². The van der Waals surface area contributed by atoms with Crippen LogP contribution >= 0.6 is 11.6 Å². The number of nitrogens with zero attached hydrogens (tertiary/aromatic N) is 3. The molecular formula is C8H15ClN4O. The number of halogens is 1. The van der Waals surface area contributed by atoms with Crippen molar-refractivity contribution in [3.8, 4) is 0 Å². The van der Waals surface area contributed by atoms with Crippen LogP contribution in [0, 0.1) is 0 Å². The zero-order valence-corrected chi connectivity index (χ0v) is 8.83. The molecule has 0 aromatic carbocycles. The van der Waals surface area contributed by atoms with E-state index < -0.39 is 0 Å². The zero-order chi connectivity index (χ0) is 10.6. The standard InChI is InChI=1S/C8H15ClN4O/c9-5-7-11-8(14)4-2-1-3-6-12-13-10/h1-7H2,(H,11,14). The Bertz CT molecular complexity index is 204. The molecule has 0 aromatic heterocycles. The van der Waals surface area contributed by atoms with E-state index >= 15 is 0 Å². The molecular weight excluding hydrogens is 204 g/mol. The Morgan fingerprint density at radius 2 is 2.21 bits per heavy atom. The first-order valence-corrected chi connectivity index (χ1v) is 5.18. The summed E-state index contributed by atoms with van der Waals surface area (Å²) in [5, 5.41) is 6.08. The molecule has 0 aliphatic carbocycles. The Labute approximate surface area is 88.4 Å². The minimum atomic E-state index is 0.0365. The fourth-order valence-electron chi connectivity index (χ4n) is 0.965. The fraction of sp³-hybridized carbons (Fsp3) is 0.875. The van der Waals surface area contributed by atoms with Crippen LogP contribution in [0.2, 0.25) is 0 Å². The summed E-state index contributed by atoms with van der Waals surface area (Å²) >= 11 is 5.40. The quantitative estimate of drug-likeness (QED) is 0.219. The van der Waals surface area contributed by atoms with Crippen molar-refractivity contribution >= 4 is 17.5 Å². The van der Waals surface area contributed by atoms with Crippen LogP contribution in [0.25, 0.3) is 10.4 Å². The van der Waals surface area contributed by atoms with E-state index in [1.54, 1.807) is 0 Å². The highest BCUT2D eigenvalue weighted by atomic mass is 35.5. The number of carbonyl (C=O) groups excluding carboxylic acids is 1. The van der Waals surface area contributed by atoms with Gasteiger partial charge in [0.1, 0.15) is 0 Å². The Balaban J connectivity index is 3.18. The molecule has 5 nitrogen and oxygen atoms in total. The predicted octanol–water partition coefficient (Wildman–Crippen LogP) is 2.21. The number of carbonyl (C=O) groups is 1. The van der Waals surface area contributed by atoms with E-state index in [0.29, 0.717) is 25.4 Å². The molecule has 0 rings (SSSR count). The summed E-state index contributed by atoms with van der Waals surface area (Å²) in [6, 6.07) is 0. The number of azide groups is 1. The minimum absolute atomic E-state index is 0.0365. The van der Waals surface area contributed by atoms with Crippen LogP contribution in [0.4, 0.5) is 0 Å². The van der Waals surface area contributed by atoms with Crippen molar-refractivity contribution in [3.05, 3.63) is 10.4 Å². The third-order valence-corrected chi connectivity index (χ3v) is 1.83. The van der Waals surface area contributed by atoms with Crippen LogP contribution in [-0.4, -0.2) is 24.9 Å². The minimum Gasteiger partial charge on any atom is -0.355 e. The van der Waals surface area contributed by atoms with Crippen LogP contribution in [0.15, 0.2) is 5.11 Å². The molecule has 6 heteroatoms. The molecule has 0 spiro atoms. The Hall–Kier alpha value is -0.930. The van der Waals surface area contributed by atoms with Crippen molar-refractivity contribution in [1.29, 1.82) is 0 Å². The molecule has 0 saturated carbocycles. The van der Waals surface area contributed by atoms with Gasteiger partial charge in [-0.2, -0.15) is 0 Å². The molecule has 0 atom stereocenters. The zero-order valence-electron chi connectivity index (χ0n) is 8.08. The van der Waals surface area contributed by atoms with E-state index in [9.17, 15) is 4.79 Å². The molecule has 14 heavy (non-hydrogen) atoms. The average Bonchev–Trinajstić information content (AvgIpc) is 2.20. The number of amides is 1. The highest BCUT2D eigenvalue weighted by Gasteiger charge is 1.98. The number of unbranched alkanes of at least 4 members (excludes halogenated alkanes) is 2. The summed E-state index contributed by atoms with van der Waals surface area (Å²) in [5.41, 5.74) is 7.99. The Kier molecular flexibility index (Phi) is 9.48. The molecule has 0 aromatic rings. The first-order chi connectivity index (χ1) is 6.81. The molecule has 0 aliphatic heterocycles. The topological polar surface area (TPSA) is 77.9 Å². The number of hydrogen-bond donors (Lipinski definition) is 1. The molecule has 0 heterocycles. The van der Waals surface area contributed by atoms with E-state index in [4.69, 9.17) is 17.1 Å². The van der Waals surface area contributed by atoms with Gasteiger partial charge in [-0.05, 0) is 18.4 Å². The van der Waals surface area contributed by atoms with Gasteiger partial charge in [0.2, 0.25) is 5.91 Å². The number of rotatable bonds is 8. The third-order valence-electron chi connectivity index (χ3n) is 1.64. The summed E-state index contributed by atoms with van der Waals surface area (Å²) in [6.07, 6.45) is 3.10. The molecule has 0 radical (unpaired) electrons. The van der Waals surface area contributed by atoms with Crippen molar-refractivity contribution in [2.75, 3.05) is 19.0 Å². The average molecular weight is 219 g/mol. The van der Waals surface area contributed by atoms with E-state index in [-0.39, 0.29) is 5.91 Å². The Morgan fingerprint density at radius 1 is 1.43 bits per heavy atom. The van der Waals surface area contributed by atoms with Gasteiger partial charge in [0.05, 0.1) is 0 Å².